The summed E-state index contributed by atoms with van der Waals surface area (Å²) in [4.78, 5) is 27.8. The van der Waals surface area contributed by atoms with E-state index in [1.807, 2.05) is 50.2 Å². The first-order valence-corrected chi connectivity index (χ1v) is 8.34. The number of para-hydroxylation sites is 2. The number of carbonyl (C=O) groups is 2. The Balaban J connectivity index is 1.46. The molecule has 0 saturated heterocycles. The van der Waals surface area contributed by atoms with Crippen molar-refractivity contribution < 1.29 is 18.7 Å². The molecule has 0 radical (unpaired) electrons. The van der Waals surface area contributed by atoms with Crippen LogP contribution in [0.3, 0.4) is 0 Å². The van der Waals surface area contributed by atoms with Crippen LogP contribution in [0.25, 0.3) is 17.2 Å². The number of nitrogens with zero attached hydrogens (tertiary/aromatic N) is 1. The quantitative estimate of drug-likeness (QED) is 0.536. The molecular weight excluding hydrogens is 346 g/mol. The SMILES string of the molecule is Cc1ccc(C)c(OCC(=O)NNC(=O)C=Cc2nc3ccccc3o2)c1. The van der Waals surface area contributed by atoms with Crippen molar-refractivity contribution in [1.29, 1.82) is 0 Å². The Kier molecular flexibility index (Phi) is 5.51. The monoisotopic (exact) mass is 365 g/mol. The predicted molar refractivity (Wildman–Crippen MR) is 101 cm³/mol. The van der Waals surface area contributed by atoms with E-state index in [2.05, 4.69) is 15.8 Å². The maximum Gasteiger partial charge on any atom is 0.276 e. The predicted octanol–water partition coefficient (Wildman–Crippen LogP) is 2.68. The van der Waals surface area contributed by atoms with Crippen molar-refractivity contribution >= 4 is 29.0 Å². The summed E-state index contributed by atoms with van der Waals surface area (Å²) < 4.78 is 10.9. The third-order valence-corrected chi connectivity index (χ3v) is 3.72. The van der Waals surface area contributed by atoms with Crippen LogP contribution in [-0.4, -0.2) is 23.4 Å². The molecule has 0 spiro atoms. The maximum atomic E-state index is 11.8. The first-order valence-electron chi connectivity index (χ1n) is 8.34. The number of nitrogens with one attached hydrogen (secondary N) is 2. The number of hydrogen-bond acceptors (Lipinski definition) is 5. The van der Waals surface area contributed by atoms with Crippen LogP contribution in [0, 0.1) is 13.8 Å². The van der Waals surface area contributed by atoms with Gasteiger partial charge in [-0.15, -0.1) is 0 Å². The number of aryl methyl sites for hydroxylation is 2. The number of benzene rings is 2. The van der Waals surface area contributed by atoms with Gasteiger partial charge in [0.05, 0.1) is 0 Å². The van der Waals surface area contributed by atoms with Gasteiger partial charge in [0, 0.05) is 12.2 Å². The van der Waals surface area contributed by atoms with Gasteiger partial charge in [0.2, 0.25) is 5.89 Å². The van der Waals surface area contributed by atoms with Gasteiger partial charge in [-0.25, -0.2) is 4.98 Å². The molecule has 7 heteroatoms. The minimum atomic E-state index is -0.516. The lowest BCUT2D eigenvalue weighted by atomic mass is 10.1. The highest BCUT2D eigenvalue weighted by atomic mass is 16.5. The largest absolute Gasteiger partial charge is 0.483 e. The maximum absolute atomic E-state index is 11.8. The summed E-state index contributed by atoms with van der Waals surface area (Å²) in [5.74, 6) is -0.0554. The van der Waals surface area contributed by atoms with Crippen LogP contribution >= 0.6 is 0 Å². The summed E-state index contributed by atoms with van der Waals surface area (Å²) in [6.07, 6.45) is 2.64. The molecule has 1 aromatic heterocycles. The van der Waals surface area contributed by atoms with Crippen LogP contribution in [-0.2, 0) is 9.59 Å². The number of carbonyl (C=O) groups excluding carboxylic acids is 2. The lowest BCUT2D eigenvalue weighted by molar-refractivity contribution is -0.128. The molecule has 0 saturated carbocycles. The van der Waals surface area contributed by atoms with E-state index in [1.165, 1.54) is 12.2 Å². The van der Waals surface area contributed by atoms with E-state index in [9.17, 15) is 9.59 Å². The molecule has 0 aliphatic carbocycles. The van der Waals surface area contributed by atoms with Gasteiger partial charge in [0.25, 0.3) is 11.8 Å². The zero-order chi connectivity index (χ0) is 19.2. The van der Waals surface area contributed by atoms with E-state index in [0.29, 0.717) is 22.7 Å². The minimum Gasteiger partial charge on any atom is -0.483 e. The molecule has 3 rings (SSSR count). The van der Waals surface area contributed by atoms with Crippen molar-refractivity contribution in [2.45, 2.75) is 13.8 Å². The molecule has 138 valence electrons. The lowest BCUT2D eigenvalue weighted by Crippen LogP contribution is -2.43. The van der Waals surface area contributed by atoms with Crippen LogP contribution in [0.15, 0.2) is 53.0 Å². The van der Waals surface area contributed by atoms with E-state index >= 15 is 0 Å². The summed E-state index contributed by atoms with van der Waals surface area (Å²) in [5.41, 5.74) is 7.86. The molecule has 3 aromatic rings. The summed E-state index contributed by atoms with van der Waals surface area (Å²) in [6.45, 7) is 3.63. The van der Waals surface area contributed by atoms with Gasteiger partial charge in [-0.2, -0.15) is 0 Å². The van der Waals surface area contributed by atoms with Gasteiger partial charge in [0.15, 0.2) is 12.2 Å². The molecule has 1 heterocycles. The highest BCUT2D eigenvalue weighted by Gasteiger charge is 2.07. The molecule has 0 aliphatic heterocycles. The fourth-order valence-electron chi connectivity index (χ4n) is 2.32. The van der Waals surface area contributed by atoms with Crippen LogP contribution in [0.2, 0.25) is 0 Å². The van der Waals surface area contributed by atoms with E-state index in [1.54, 1.807) is 6.07 Å². The fourth-order valence-corrected chi connectivity index (χ4v) is 2.32. The number of amides is 2. The Morgan fingerprint density at radius 1 is 1.15 bits per heavy atom. The molecule has 0 atom stereocenters. The summed E-state index contributed by atoms with van der Waals surface area (Å²) in [5, 5.41) is 0. The van der Waals surface area contributed by atoms with E-state index in [0.717, 1.165) is 11.1 Å². The molecule has 7 nitrogen and oxygen atoms in total. The second kappa shape index (κ2) is 8.18. The molecule has 2 aromatic carbocycles. The number of fused-ring (bicyclic) bond motifs is 1. The molecule has 0 bridgehead atoms. The zero-order valence-electron chi connectivity index (χ0n) is 15.0. The van der Waals surface area contributed by atoms with Crippen LogP contribution in [0.4, 0.5) is 0 Å². The zero-order valence-corrected chi connectivity index (χ0v) is 15.0. The Morgan fingerprint density at radius 2 is 1.96 bits per heavy atom. The number of aromatic nitrogens is 1. The number of ether oxygens (including phenoxy) is 1. The van der Waals surface area contributed by atoms with Crippen molar-refractivity contribution in [1.82, 2.24) is 15.8 Å². The van der Waals surface area contributed by atoms with Crippen LogP contribution in [0.5, 0.6) is 5.75 Å². The fraction of sp³-hybridized carbons (Fsp3) is 0.150. The smallest absolute Gasteiger partial charge is 0.276 e. The molecule has 2 amide bonds. The van der Waals surface area contributed by atoms with Crippen molar-refractivity contribution in [2.24, 2.45) is 0 Å². The average Bonchev–Trinajstić information content (AvgIpc) is 3.08. The van der Waals surface area contributed by atoms with Gasteiger partial charge in [-0.05, 0) is 43.2 Å². The van der Waals surface area contributed by atoms with Crippen LogP contribution in [0.1, 0.15) is 17.0 Å². The average molecular weight is 365 g/mol. The topological polar surface area (TPSA) is 93.5 Å². The first-order chi connectivity index (χ1) is 13.0. The third kappa shape index (κ3) is 4.94. The number of hydrazine groups is 1. The van der Waals surface area contributed by atoms with E-state index in [-0.39, 0.29) is 6.61 Å². The molecular formula is C20H19N3O4. The van der Waals surface area contributed by atoms with Gasteiger partial charge in [-0.3, -0.25) is 20.4 Å². The molecule has 0 aliphatic rings. The molecule has 0 unspecified atom stereocenters. The molecule has 2 N–H and O–H groups in total. The first kappa shape index (κ1) is 18.2. The Hall–Kier alpha value is -3.61. The third-order valence-electron chi connectivity index (χ3n) is 3.72. The number of hydrogen-bond donors (Lipinski definition) is 2. The number of oxazole rings is 1. The van der Waals surface area contributed by atoms with E-state index in [4.69, 9.17) is 9.15 Å². The lowest BCUT2D eigenvalue weighted by Gasteiger charge is -2.10. The Bertz CT molecular complexity index is 974. The highest BCUT2D eigenvalue weighted by molar-refractivity contribution is 5.93. The van der Waals surface area contributed by atoms with Gasteiger partial charge in [0.1, 0.15) is 11.3 Å². The van der Waals surface area contributed by atoms with Crippen molar-refractivity contribution in [3.63, 3.8) is 0 Å². The normalized spacial score (nSPS) is 10.9. The summed E-state index contributed by atoms with van der Waals surface area (Å²) in [7, 11) is 0. The van der Waals surface area contributed by atoms with E-state index < -0.39 is 11.8 Å². The minimum absolute atomic E-state index is 0.209. The van der Waals surface area contributed by atoms with Gasteiger partial charge in [-0.1, -0.05) is 24.3 Å². The summed E-state index contributed by atoms with van der Waals surface area (Å²) >= 11 is 0. The second-order valence-electron chi connectivity index (χ2n) is 5.95. The standard InChI is InChI=1S/C20H19N3O4/c1-13-7-8-14(2)17(11-13)26-12-19(25)23-22-18(24)9-10-20-21-15-5-3-4-6-16(15)27-20/h3-11H,12H2,1-2H3,(H,22,24)(H,23,25). The Labute approximate surface area is 156 Å². The molecule has 0 fully saturated rings. The van der Waals surface area contributed by atoms with Crippen molar-refractivity contribution in [3.8, 4) is 5.75 Å². The summed E-state index contributed by atoms with van der Waals surface area (Å²) in [6, 6.07) is 13.0. The van der Waals surface area contributed by atoms with Crippen molar-refractivity contribution in [2.75, 3.05) is 6.61 Å². The highest BCUT2D eigenvalue weighted by Crippen LogP contribution is 2.18. The van der Waals surface area contributed by atoms with Crippen molar-refractivity contribution in [3.05, 3.63) is 65.6 Å². The van der Waals surface area contributed by atoms with Gasteiger partial charge >= 0.3 is 0 Å². The Morgan fingerprint density at radius 3 is 2.78 bits per heavy atom. The van der Waals surface area contributed by atoms with Crippen LogP contribution < -0.4 is 15.6 Å². The number of rotatable bonds is 5. The molecule has 27 heavy (non-hydrogen) atoms. The van der Waals surface area contributed by atoms with Gasteiger partial charge < -0.3 is 9.15 Å². The second-order valence-corrected chi connectivity index (χ2v) is 5.95.